The van der Waals surface area contributed by atoms with E-state index in [9.17, 15) is 9.59 Å². The molecular formula is C19H29N3O2S2. The highest BCUT2D eigenvalue weighted by atomic mass is 32.2. The maximum absolute atomic E-state index is 12.5. The number of carbonyl (C=O) groups is 2. The number of thioether (sulfide) groups is 1. The molecule has 5 aliphatic rings. The van der Waals surface area contributed by atoms with Gasteiger partial charge in [-0.25, -0.2) is 4.79 Å². The topological polar surface area (TPSA) is 61.4 Å². The fourth-order valence-corrected chi connectivity index (χ4v) is 7.34. The minimum absolute atomic E-state index is 0.0691. The number of imide groups is 1. The number of thiocarbonyl (C=S) groups is 1. The Bertz CT molecular complexity index is 568. The highest BCUT2D eigenvalue weighted by Crippen LogP contribution is 2.55. The van der Waals surface area contributed by atoms with Crippen molar-refractivity contribution in [2.45, 2.75) is 69.1 Å². The Labute approximate surface area is 165 Å². The molecule has 5 rings (SSSR count). The third-order valence-corrected chi connectivity index (χ3v) is 8.24. The molecule has 0 aromatic rings. The lowest BCUT2D eigenvalue weighted by molar-refractivity contribution is -0.119. The van der Waals surface area contributed by atoms with Gasteiger partial charge in [-0.15, -0.1) is 0 Å². The van der Waals surface area contributed by atoms with Crippen LogP contribution in [0.3, 0.4) is 0 Å². The predicted octanol–water partition coefficient (Wildman–Crippen LogP) is 3.28. The van der Waals surface area contributed by atoms with Crippen molar-refractivity contribution in [1.29, 1.82) is 0 Å². The standard InChI is InChI=1S/C19H29N3O2S2/c1-12(26-18(25)22-4-2-3-5-22)16(23)20-17(24)21-19-9-13-6-14(10-19)8-15(7-13)11-19/h12-15H,2-11H2,1H3,(H2,20,21,23,24)/t12-,13?,14?,15?,19?/m0/s1. The van der Waals surface area contributed by atoms with Crippen LogP contribution in [-0.2, 0) is 4.79 Å². The summed E-state index contributed by atoms with van der Waals surface area (Å²) in [5, 5.41) is 5.40. The molecule has 0 radical (unpaired) electrons. The molecule has 7 heteroatoms. The molecule has 5 nitrogen and oxygen atoms in total. The molecule has 4 bridgehead atoms. The number of likely N-dealkylation sites (tertiary alicyclic amines) is 1. The third-order valence-electron chi connectivity index (χ3n) is 6.66. The number of amides is 3. The van der Waals surface area contributed by atoms with E-state index in [1.54, 1.807) is 0 Å². The Balaban J connectivity index is 1.27. The Morgan fingerprint density at radius 3 is 2.15 bits per heavy atom. The van der Waals surface area contributed by atoms with Gasteiger partial charge in [0.15, 0.2) is 0 Å². The van der Waals surface area contributed by atoms with Gasteiger partial charge in [0, 0.05) is 18.6 Å². The molecule has 4 saturated carbocycles. The Morgan fingerprint density at radius 1 is 1.08 bits per heavy atom. The van der Waals surface area contributed by atoms with Gasteiger partial charge in [-0.3, -0.25) is 10.1 Å². The number of carbonyl (C=O) groups excluding carboxylic acids is 2. The summed E-state index contributed by atoms with van der Waals surface area (Å²) >= 11 is 6.82. The highest BCUT2D eigenvalue weighted by molar-refractivity contribution is 8.23. The van der Waals surface area contributed by atoms with Gasteiger partial charge in [-0.2, -0.15) is 0 Å². The molecule has 0 aromatic carbocycles. The summed E-state index contributed by atoms with van der Waals surface area (Å²) in [5.74, 6) is 2.05. The van der Waals surface area contributed by atoms with Gasteiger partial charge in [0.05, 0.1) is 5.25 Å². The first kappa shape index (κ1) is 18.5. The third kappa shape index (κ3) is 3.88. The van der Waals surface area contributed by atoms with Crippen LogP contribution in [0, 0.1) is 17.8 Å². The molecule has 1 heterocycles. The minimum Gasteiger partial charge on any atom is -0.358 e. The number of hydrogen-bond acceptors (Lipinski definition) is 4. The highest BCUT2D eigenvalue weighted by Gasteiger charge is 2.51. The van der Waals surface area contributed by atoms with E-state index in [1.165, 1.54) is 31.0 Å². The van der Waals surface area contributed by atoms with E-state index in [-0.39, 0.29) is 22.7 Å². The van der Waals surface area contributed by atoms with Gasteiger partial charge in [0.2, 0.25) is 5.91 Å². The van der Waals surface area contributed by atoms with Crippen molar-refractivity contribution in [1.82, 2.24) is 15.5 Å². The number of nitrogens with zero attached hydrogens (tertiary/aromatic N) is 1. The zero-order valence-corrected chi connectivity index (χ0v) is 17.1. The summed E-state index contributed by atoms with van der Waals surface area (Å²) in [6, 6.07) is -0.323. The zero-order valence-electron chi connectivity index (χ0n) is 15.5. The molecule has 144 valence electrons. The molecule has 5 fully saturated rings. The van der Waals surface area contributed by atoms with E-state index in [1.807, 2.05) is 6.92 Å². The van der Waals surface area contributed by atoms with E-state index < -0.39 is 0 Å². The summed E-state index contributed by atoms with van der Waals surface area (Å²) in [4.78, 5) is 27.1. The largest absolute Gasteiger partial charge is 0.358 e. The molecular weight excluding hydrogens is 366 g/mol. The first-order chi connectivity index (χ1) is 12.4. The number of rotatable bonds is 3. The van der Waals surface area contributed by atoms with Crippen LogP contribution < -0.4 is 10.6 Å². The number of nitrogens with one attached hydrogen (secondary N) is 2. The van der Waals surface area contributed by atoms with Crippen molar-refractivity contribution >= 4 is 40.2 Å². The first-order valence-corrected chi connectivity index (χ1v) is 11.3. The normalized spacial score (nSPS) is 36.0. The lowest BCUT2D eigenvalue weighted by Crippen LogP contribution is -2.62. The van der Waals surface area contributed by atoms with Crippen molar-refractivity contribution in [3.8, 4) is 0 Å². The molecule has 0 aromatic heterocycles. The van der Waals surface area contributed by atoms with E-state index in [2.05, 4.69) is 15.5 Å². The van der Waals surface area contributed by atoms with Gasteiger partial charge in [0.1, 0.15) is 4.32 Å². The van der Waals surface area contributed by atoms with Crippen molar-refractivity contribution < 1.29 is 9.59 Å². The monoisotopic (exact) mass is 395 g/mol. The van der Waals surface area contributed by atoms with Crippen LogP contribution in [0.4, 0.5) is 4.79 Å². The van der Waals surface area contributed by atoms with Crippen LogP contribution in [0.1, 0.15) is 58.3 Å². The Morgan fingerprint density at radius 2 is 1.62 bits per heavy atom. The molecule has 1 aliphatic heterocycles. The second kappa shape index (κ2) is 7.30. The van der Waals surface area contributed by atoms with Crippen LogP contribution in [0.25, 0.3) is 0 Å². The van der Waals surface area contributed by atoms with Crippen molar-refractivity contribution in [2.75, 3.05) is 13.1 Å². The average molecular weight is 396 g/mol. The van der Waals surface area contributed by atoms with Gasteiger partial charge in [-0.05, 0) is 76.0 Å². The average Bonchev–Trinajstić information content (AvgIpc) is 3.07. The van der Waals surface area contributed by atoms with Gasteiger partial charge in [-0.1, -0.05) is 24.0 Å². The number of urea groups is 1. The minimum atomic E-state index is -0.356. The van der Waals surface area contributed by atoms with Crippen LogP contribution in [0.15, 0.2) is 0 Å². The summed E-state index contributed by atoms with van der Waals surface area (Å²) in [6.07, 6.45) is 9.59. The Hall–Kier alpha value is -0.820. The lowest BCUT2D eigenvalue weighted by Gasteiger charge is -2.56. The fraction of sp³-hybridized carbons (Fsp3) is 0.842. The second-order valence-electron chi connectivity index (χ2n) is 8.86. The molecule has 4 aliphatic carbocycles. The molecule has 26 heavy (non-hydrogen) atoms. The second-order valence-corrected chi connectivity index (χ2v) is 10.8. The summed E-state index contributed by atoms with van der Waals surface area (Å²) in [7, 11) is 0. The van der Waals surface area contributed by atoms with Crippen LogP contribution in [0.5, 0.6) is 0 Å². The molecule has 1 atom stereocenters. The predicted molar refractivity (Wildman–Crippen MR) is 108 cm³/mol. The van der Waals surface area contributed by atoms with Gasteiger partial charge >= 0.3 is 6.03 Å². The van der Waals surface area contributed by atoms with E-state index in [0.29, 0.717) is 0 Å². The Kier molecular flexibility index (Phi) is 5.21. The lowest BCUT2D eigenvalue weighted by atomic mass is 9.53. The van der Waals surface area contributed by atoms with E-state index >= 15 is 0 Å². The van der Waals surface area contributed by atoms with Gasteiger partial charge < -0.3 is 10.2 Å². The summed E-state index contributed by atoms with van der Waals surface area (Å²) in [6.45, 7) is 3.78. The SMILES string of the molecule is C[C@H](SC(=S)N1CCCC1)C(=O)NC(=O)NC12CC3CC(CC(C3)C1)C2. The smallest absolute Gasteiger partial charge is 0.321 e. The maximum Gasteiger partial charge on any atom is 0.321 e. The van der Waals surface area contributed by atoms with Crippen LogP contribution >= 0.6 is 24.0 Å². The van der Waals surface area contributed by atoms with Crippen molar-refractivity contribution in [2.24, 2.45) is 17.8 Å². The fourth-order valence-electron chi connectivity index (χ4n) is 5.93. The van der Waals surface area contributed by atoms with Crippen molar-refractivity contribution in [3.63, 3.8) is 0 Å². The quantitative estimate of drug-likeness (QED) is 0.718. The molecule has 1 saturated heterocycles. The maximum atomic E-state index is 12.5. The molecule has 3 amide bonds. The van der Waals surface area contributed by atoms with Crippen LogP contribution in [-0.4, -0.2) is 45.0 Å². The summed E-state index contributed by atoms with van der Waals surface area (Å²) in [5.41, 5.74) is -0.0691. The number of hydrogen-bond donors (Lipinski definition) is 2. The van der Waals surface area contributed by atoms with E-state index in [0.717, 1.165) is 67.3 Å². The molecule has 2 N–H and O–H groups in total. The van der Waals surface area contributed by atoms with E-state index in [4.69, 9.17) is 12.2 Å². The van der Waals surface area contributed by atoms with Crippen LogP contribution in [0.2, 0.25) is 0 Å². The molecule has 0 unspecified atom stereocenters. The zero-order chi connectivity index (χ0) is 18.3. The molecule has 0 spiro atoms. The van der Waals surface area contributed by atoms with Gasteiger partial charge in [0.25, 0.3) is 0 Å². The first-order valence-electron chi connectivity index (χ1n) is 10.0. The summed E-state index contributed by atoms with van der Waals surface area (Å²) < 4.78 is 0.770. The van der Waals surface area contributed by atoms with Crippen molar-refractivity contribution in [3.05, 3.63) is 0 Å².